The van der Waals surface area contributed by atoms with Gasteiger partial charge in [0.2, 0.25) is 5.95 Å². The molecule has 0 radical (unpaired) electrons. The van der Waals surface area contributed by atoms with Crippen LogP contribution in [0.5, 0.6) is 0 Å². The summed E-state index contributed by atoms with van der Waals surface area (Å²) in [5.74, 6) is 0.573. The van der Waals surface area contributed by atoms with E-state index in [-0.39, 0.29) is 0 Å². The van der Waals surface area contributed by atoms with Crippen molar-refractivity contribution in [1.82, 2.24) is 14.9 Å². The van der Waals surface area contributed by atoms with E-state index in [1.165, 1.54) is 4.90 Å². The normalized spacial score (nSPS) is 14.2. The van der Waals surface area contributed by atoms with Gasteiger partial charge in [0.15, 0.2) is 0 Å². The van der Waals surface area contributed by atoms with E-state index < -0.39 is 6.09 Å². The standard InChI is InChI=1S/C18H20N4O2/c1-12-11-13(2)20-17(19-12)21-16-6-4-3-5-15(16)14-7-9-22(10-8-14)18(23)24/h3-7,11H,8-10H2,1-2H3,(H,23,24)(H,19,20,21). The summed E-state index contributed by atoms with van der Waals surface area (Å²) in [5.41, 5.74) is 4.95. The van der Waals surface area contributed by atoms with Gasteiger partial charge in [0, 0.05) is 35.7 Å². The molecule has 0 unspecified atom stereocenters. The molecular weight excluding hydrogens is 304 g/mol. The van der Waals surface area contributed by atoms with Crippen molar-refractivity contribution in [2.24, 2.45) is 0 Å². The Morgan fingerprint density at radius 3 is 2.54 bits per heavy atom. The Morgan fingerprint density at radius 1 is 1.21 bits per heavy atom. The van der Waals surface area contributed by atoms with E-state index in [0.29, 0.717) is 25.5 Å². The summed E-state index contributed by atoms with van der Waals surface area (Å²) >= 11 is 0. The number of para-hydroxylation sites is 1. The van der Waals surface area contributed by atoms with E-state index in [0.717, 1.165) is 28.2 Å². The Balaban J connectivity index is 1.87. The average molecular weight is 324 g/mol. The number of anilines is 2. The third kappa shape index (κ3) is 3.53. The predicted octanol–water partition coefficient (Wildman–Crippen LogP) is 3.60. The van der Waals surface area contributed by atoms with Crippen molar-refractivity contribution in [1.29, 1.82) is 0 Å². The Labute approximate surface area is 140 Å². The topological polar surface area (TPSA) is 78.4 Å². The highest BCUT2D eigenvalue weighted by Crippen LogP contribution is 2.30. The van der Waals surface area contributed by atoms with Crippen LogP contribution in [0.15, 0.2) is 36.4 Å². The lowest BCUT2D eigenvalue weighted by Gasteiger charge is -2.25. The molecule has 6 nitrogen and oxygen atoms in total. The highest BCUT2D eigenvalue weighted by molar-refractivity contribution is 5.79. The van der Waals surface area contributed by atoms with Crippen LogP contribution in [0.2, 0.25) is 0 Å². The van der Waals surface area contributed by atoms with Crippen molar-refractivity contribution in [2.45, 2.75) is 20.3 Å². The number of hydrogen-bond donors (Lipinski definition) is 2. The van der Waals surface area contributed by atoms with E-state index >= 15 is 0 Å². The van der Waals surface area contributed by atoms with Crippen LogP contribution in [0.4, 0.5) is 16.4 Å². The molecule has 3 rings (SSSR count). The number of rotatable bonds is 3. The second kappa shape index (κ2) is 6.70. The van der Waals surface area contributed by atoms with Gasteiger partial charge in [0.05, 0.1) is 0 Å². The van der Waals surface area contributed by atoms with Crippen LogP contribution >= 0.6 is 0 Å². The molecule has 2 N–H and O–H groups in total. The molecule has 1 aliphatic heterocycles. The number of carboxylic acid groups (broad SMARTS) is 1. The van der Waals surface area contributed by atoms with Crippen molar-refractivity contribution >= 4 is 23.3 Å². The lowest BCUT2D eigenvalue weighted by atomic mass is 9.98. The van der Waals surface area contributed by atoms with Crippen LogP contribution in [0, 0.1) is 13.8 Å². The summed E-state index contributed by atoms with van der Waals surface area (Å²) in [6, 6.07) is 9.89. The van der Waals surface area contributed by atoms with Crippen LogP contribution < -0.4 is 5.32 Å². The van der Waals surface area contributed by atoms with Gasteiger partial charge in [-0.2, -0.15) is 0 Å². The maximum Gasteiger partial charge on any atom is 0.407 e. The average Bonchev–Trinajstić information content (AvgIpc) is 2.54. The number of nitrogens with one attached hydrogen (secondary N) is 1. The fourth-order valence-corrected chi connectivity index (χ4v) is 2.86. The van der Waals surface area contributed by atoms with Gasteiger partial charge >= 0.3 is 6.09 Å². The van der Waals surface area contributed by atoms with Gasteiger partial charge in [-0.1, -0.05) is 24.3 Å². The minimum Gasteiger partial charge on any atom is -0.465 e. The van der Waals surface area contributed by atoms with Crippen molar-refractivity contribution in [3.05, 3.63) is 53.4 Å². The number of nitrogens with zero attached hydrogens (tertiary/aromatic N) is 3. The number of aryl methyl sites for hydroxylation is 2. The Kier molecular flexibility index (Phi) is 4.46. The van der Waals surface area contributed by atoms with E-state index in [9.17, 15) is 4.79 Å². The van der Waals surface area contributed by atoms with Gasteiger partial charge in [-0.05, 0) is 38.0 Å². The minimum atomic E-state index is -0.875. The van der Waals surface area contributed by atoms with Crippen LogP contribution in [0.1, 0.15) is 23.4 Å². The molecule has 1 amide bonds. The SMILES string of the molecule is Cc1cc(C)nc(Nc2ccccc2C2=CCN(C(=O)O)CC2)n1. The number of hydrogen-bond acceptors (Lipinski definition) is 4. The maximum absolute atomic E-state index is 11.0. The second-order valence-electron chi connectivity index (χ2n) is 5.85. The molecule has 0 aliphatic carbocycles. The highest BCUT2D eigenvalue weighted by Gasteiger charge is 2.18. The first-order chi connectivity index (χ1) is 11.5. The Hall–Kier alpha value is -2.89. The molecule has 0 spiro atoms. The van der Waals surface area contributed by atoms with E-state index in [2.05, 4.69) is 15.3 Å². The molecule has 2 aromatic rings. The molecule has 1 aliphatic rings. The zero-order valence-corrected chi connectivity index (χ0v) is 13.8. The summed E-state index contributed by atoms with van der Waals surface area (Å²) in [6.45, 7) is 4.81. The van der Waals surface area contributed by atoms with Gasteiger partial charge in [0.25, 0.3) is 0 Å². The molecule has 0 saturated heterocycles. The zero-order chi connectivity index (χ0) is 17.1. The maximum atomic E-state index is 11.0. The second-order valence-corrected chi connectivity index (χ2v) is 5.85. The van der Waals surface area contributed by atoms with Gasteiger partial charge < -0.3 is 15.3 Å². The van der Waals surface area contributed by atoms with E-state index in [4.69, 9.17) is 5.11 Å². The van der Waals surface area contributed by atoms with Crippen LogP contribution in [0.25, 0.3) is 5.57 Å². The molecule has 0 saturated carbocycles. The fraction of sp³-hybridized carbons (Fsp3) is 0.278. The van der Waals surface area contributed by atoms with Crippen LogP contribution in [-0.2, 0) is 0 Å². The van der Waals surface area contributed by atoms with Crippen molar-refractivity contribution in [2.75, 3.05) is 18.4 Å². The smallest absolute Gasteiger partial charge is 0.407 e. The first-order valence-electron chi connectivity index (χ1n) is 7.88. The predicted molar refractivity (Wildman–Crippen MR) is 93.4 cm³/mol. The Bertz CT molecular complexity index is 781. The highest BCUT2D eigenvalue weighted by atomic mass is 16.4. The number of carbonyl (C=O) groups is 1. The molecule has 1 aromatic heterocycles. The van der Waals surface area contributed by atoms with Gasteiger partial charge in [0.1, 0.15) is 0 Å². The largest absolute Gasteiger partial charge is 0.465 e. The van der Waals surface area contributed by atoms with Gasteiger partial charge in [-0.25, -0.2) is 14.8 Å². The third-order valence-corrected chi connectivity index (χ3v) is 3.98. The zero-order valence-electron chi connectivity index (χ0n) is 13.8. The molecule has 0 atom stereocenters. The minimum absolute atomic E-state index is 0.416. The van der Waals surface area contributed by atoms with Crippen LogP contribution in [0.3, 0.4) is 0 Å². The van der Waals surface area contributed by atoms with Crippen LogP contribution in [-0.4, -0.2) is 39.2 Å². The van der Waals surface area contributed by atoms with Gasteiger partial charge in [-0.15, -0.1) is 0 Å². The summed E-state index contributed by atoms with van der Waals surface area (Å²) in [5, 5.41) is 12.4. The lowest BCUT2D eigenvalue weighted by molar-refractivity contribution is 0.150. The van der Waals surface area contributed by atoms with E-state index in [1.807, 2.05) is 50.3 Å². The van der Waals surface area contributed by atoms with Crippen molar-refractivity contribution in [3.8, 4) is 0 Å². The molecule has 0 fully saturated rings. The number of aromatic nitrogens is 2. The molecule has 24 heavy (non-hydrogen) atoms. The number of amides is 1. The summed E-state index contributed by atoms with van der Waals surface area (Å²) in [6.07, 6.45) is 1.79. The lowest BCUT2D eigenvalue weighted by Crippen LogP contribution is -2.33. The van der Waals surface area contributed by atoms with E-state index in [1.54, 1.807) is 0 Å². The third-order valence-electron chi connectivity index (χ3n) is 3.98. The first kappa shape index (κ1) is 16.0. The Morgan fingerprint density at radius 2 is 1.92 bits per heavy atom. The van der Waals surface area contributed by atoms with Crippen molar-refractivity contribution in [3.63, 3.8) is 0 Å². The summed E-state index contributed by atoms with van der Waals surface area (Å²) in [4.78, 5) is 21.3. The molecule has 6 heteroatoms. The molecule has 1 aromatic carbocycles. The quantitative estimate of drug-likeness (QED) is 0.902. The molecule has 2 heterocycles. The van der Waals surface area contributed by atoms with Gasteiger partial charge in [-0.3, -0.25) is 0 Å². The molecule has 124 valence electrons. The molecular formula is C18H20N4O2. The summed E-state index contributed by atoms with van der Waals surface area (Å²) < 4.78 is 0. The fourth-order valence-electron chi connectivity index (χ4n) is 2.86. The molecule has 0 bridgehead atoms. The van der Waals surface area contributed by atoms with Crippen molar-refractivity contribution < 1.29 is 9.90 Å². The monoisotopic (exact) mass is 324 g/mol. The first-order valence-corrected chi connectivity index (χ1v) is 7.88. The number of benzene rings is 1. The summed E-state index contributed by atoms with van der Waals surface area (Å²) in [7, 11) is 0.